The molecule has 0 atom stereocenters. The summed E-state index contributed by atoms with van der Waals surface area (Å²) in [5, 5.41) is 4.96. The van der Waals surface area contributed by atoms with Crippen LogP contribution in [0.5, 0.6) is 0 Å². The van der Waals surface area contributed by atoms with E-state index in [1.54, 1.807) is 30.3 Å². The van der Waals surface area contributed by atoms with Crippen LogP contribution in [0.3, 0.4) is 0 Å². The van der Waals surface area contributed by atoms with Gasteiger partial charge in [0, 0.05) is 22.7 Å². The van der Waals surface area contributed by atoms with Crippen LogP contribution in [-0.2, 0) is 6.18 Å². The lowest BCUT2D eigenvalue weighted by Crippen LogP contribution is -2.09. The standard InChI is InChI=1S/C26H18F3N7O/c1-13-33-19-7-6-16(11-21(19)34-13)36-25(30)18(12-32-36)23(37)22-10-15-5-4-14(9-20(15)35-22)17-3-2-8-31-24(17)26(27,28)29/h2-12,35H,30H2,1H3,(H,33,34). The van der Waals surface area contributed by atoms with E-state index in [1.807, 2.05) is 19.1 Å². The van der Waals surface area contributed by atoms with E-state index in [1.165, 1.54) is 23.0 Å². The zero-order chi connectivity index (χ0) is 25.9. The van der Waals surface area contributed by atoms with E-state index in [-0.39, 0.29) is 22.6 Å². The van der Waals surface area contributed by atoms with Gasteiger partial charge in [0.15, 0.2) is 5.69 Å². The van der Waals surface area contributed by atoms with Crippen LogP contribution < -0.4 is 5.73 Å². The zero-order valence-corrected chi connectivity index (χ0v) is 19.3. The van der Waals surface area contributed by atoms with Gasteiger partial charge in [0.1, 0.15) is 11.6 Å². The predicted molar refractivity (Wildman–Crippen MR) is 132 cm³/mol. The second-order valence-corrected chi connectivity index (χ2v) is 8.59. The number of alkyl halides is 3. The Morgan fingerprint density at radius 3 is 2.68 bits per heavy atom. The maximum absolute atomic E-state index is 13.4. The Balaban J connectivity index is 1.35. The van der Waals surface area contributed by atoms with Crippen molar-refractivity contribution in [3.63, 3.8) is 0 Å². The normalized spacial score (nSPS) is 12.0. The van der Waals surface area contributed by atoms with Crippen molar-refractivity contribution in [2.24, 2.45) is 0 Å². The number of aromatic nitrogens is 6. The maximum atomic E-state index is 13.4. The van der Waals surface area contributed by atoms with Gasteiger partial charge in [-0.25, -0.2) is 9.67 Å². The lowest BCUT2D eigenvalue weighted by molar-refractivity contribution is -0.140. The number of carbonyl (C=O) groups excluding carboxylic acids is 1. The fourth-order valence-corrected chi connectivity index (χ4v) is 4.42. The second-order valence-electron chi connectivity index (χ2n) is 8.59. The number of halogens is 3. The minimum atomic E-state index is -4.60. The molecule has 0 saturated carbocycles. The van der Waals surface area contributed by atoms with Gasteiger partial charge in [-0.15, -0.1) is 0 Å². The van der Waals surface area contributed by atoms with Crippen molar-refractivity contribution in [1.82, 2.24) is 29.7 Å². The fourth-order valence-electron chi connectivity index (χ4n) is 4.42. The molecule has 6 rings (SSSR count). The van der Waals surface area contributed by atoms with Crippen LogP contribution in [0.15, 0.2) is 67.0 Å². The van der Waals surface area contributed by atoms with Gasteiger partial charge in [0.25, 0.3) is 0 Å². The van der Waals surface area contributed by atoms with Crippen molar-refractivity contribution < 1.29 is 18.0 Å². The number of nitrogens with two attached hydrogens (primary N) is 1. The number of hydrogen-bond donors (Lipinski definition) is 3. The first-order valence-electron chi connectivity index (χ1n) is 11.2. The lowest BCUT2D eigenvalue weighted by Gasteiger charge is -2.11. The number of rotatable bonds is 4. The topological polar surface area (TPSA) is 118 Å². The average molecular weight is 501 g/mol. The number of carbonyl (C=O) groups is 1. The van der Waals surface area contributed by atoms with E-state index < -0.39 is 17.7 Å². The van der Waals surface area contributed by atoms with Gasteiger partial charge in [-0.3, -0.25) is 9.78 Å². The van der Waals surface area contributed by atoms with Gasteiger partial charge in [-0.2, -0.15) is 18.3 Å². The molecule has 11 heteroatoms. The van der Waals surface area contributed by atoms with Crippen LogP contribution in [0.4, 0.5) is 19.0 Å². The lowest BCUT2D eigenvalue weighted by atomic mass is 10.0. The van der Waals surface area contributed by atoms with Crippen molar-refractivity contribution in [3.8, 4) is 16.8 Å². The molecule has 0 unspecified atom stereocenters. The summed E-state index contributed by atoms with van der Waals surface area (Å²) in [5.74, 6) is 0.541. The Kier molecular flexibility index (Phi) is 4.90. The highest BCUT2D eigenvalue weighted by atomic mass is 19.4. The van der Waals surface area contributed by atoms with E-state index in [2.05, 4.69) is 25.0 Å². The van der Waals surface area contributed by atoms with Crippen molar-refractivity contribution in [3.05, 3.63) is 89.8 Å². The zero-order valence-electron chi connectivity index (χ0n) is 19.3. The number of pyridine rings is 1. The molecule has 184 valence electrons. The van der Waals surface area contributed by atoms with Crippen molar-refractivity contribution >= 4 is 33.5 Å². The molecule has 2 aromatic carbocycles. The molecule has 0 bridgehead atoms. The Bertz CT molecular complexity index is 1830. The first kappa shape index (κ1) is 22.5. The molecule has 0 aliphatic heterocycles. The van der Waals surface area contributed by atoms with Gasteiger partial charge in [-0.05, 0) is 48.9 Å². The number of hydrogen-bond acceptors (Lipinski definition) is 5. The smallest absolute Gasteiger partial charge is 0.383 e. The molecule has 0 aliphatic rings. The fraction of sp³-hybridized carbons (Fsp3) is 0.0769. The van der Waals surface area contributed by atoms with Crippen LogP contribution >= 0.6 is 0 Å². The third kappa shape index (κ3) is 3.80. The molecular weight excluding hydrogens is 483 g/mol. The van der Waals surface area contributed by atoms with Crippen LogP contribution in [0.2, 0.25) is 0 Å². The van der Waals surface area contributed by atoms with Gasteiger partial charge in [0.2, 0.25) is 5.78 Å². The number of aryl methyl sites for hydroxylation is 1. The minimum Gasteiger partial charge on any atom is -0.383 e. The van der Waals surface area contributed by atoms with Gasteiger partial charge < -0.3 is 15.7 Å². The summed E-state index contributed by atoms with van der Waals surface area (Å²) in [5.41, 5.74) is 8.81. The van der Waals surface area contributed by atoms with Crippen LogP contribution in [0.25, 0.3) is 38.8 Å². The summed E-state index contributed by atoms with van der Waals surface area (Å²) in [6, 6.07) is 14.7. The molecule has 8 nitrogen and oxygen atoms in total. The number of H-pyrrole nitrogens is 2. The monoisotopic (exact) mass is 501 g/mol. The van der Waals surface area contributed by atoms with Crippen LogP contribution in [0, 0.1) is 6.92 Å². The van der Waals surface area contributed by atoms with Crippen molar-refractivity contribution in [2.45, 2.75) is 13.1 Å². The summed E-state index contributed by atoms with van der Waals surface area (Å²) < 4.78 is 41.8. The molecule has 0 saturated heterocycles. The van der Waals surface area contributed by atoms with E-state index in [0.717, 1.165) is 23.1 Å². The summed E-state index contributed by atoms with van der Waals surface area (Å²) in [4.78, 5) is 27.4. The molecule has 0 amide bonds. The molecule has 6 aromatic rings. The largest absolute Gasteiger partial charge is 0.433 e. The minimum absolute atomic E-state index is 0.0469. The van der Waals surface area contributed by atoms with E-state index in [4.69, 9.17) is 5.73 Å². The molecule has 0 fully saturated rings. The van der Waals surface area contributed by atoms with E-state index in [9.17, 15) is 18.0 Å². The molecular formula is C26H18F3N7O. The van der Waals surface area contributed by atoms with Crippen molar-refractivity contribution in [2.75, 3.05) is 5.73 Å². The Labute approximate surface area is 207 Å². The SMILES string of the molecule is Cc1nc2ccc(-n3ncc(C(=O)c4cc5ccc(-c6cccnc6C(F)(F)F)cc5[nH]4)c3N)cc2[nH]1. The quantitative estimate of drug-likeness (QED) is 0.278. The summed E-state index contributed by atoms with van der Waals surface area (Å²) in [7, 11) is 0. The molecule has 4 aromatic heterocycles. The first-order chi connectivity index (χ1) is 17.7. The van der Waals surface area contributed by atoms with E-state index >= 15 is 0 Å². The third-order valence-corrected chi connectivity index (χ3v) is 6.13. The number of aromatic amines is 2. The predicted octanol–water partition coefficient (Wildman–Crippen LogP) is 5.43. The number of ketones is 1. The van der Waals surface area contributed by atoms with E-state index in [0.29, 0.717) is 22.2 Å². The highest BCUT2D eigenvalue weighted by Gasteiger charge is 2.35. The number of nitrogens with one attached hydrogen (secondary N) is 2. The maximum Gasteiger partial charge on any atom is 0.433 e. The van der Waals surface area contributed by atoms with Crippen LogP contribution in [0.1, 0.15) is 27.6 Å². The molecule has 4 N–H and O–H groups in total. The highest BCUT2D eigenvalue weighted by Crippen LogP contribution is 2.36. The highest BCUT2D eigenvalue weighted by molar-refractivity contribution is 6.12. The third-order valence-electron chi connectivity index (χ3n) is 6.13. The second kappa shape index (κ2) is 8.05. The average Bonchev–Trinajstić information content (AvgIpc) is 3.57. The molecule has 0 aliphatic carbocycles. The molecule has 0 radical (unpaired) electrons. The first-order valence-corrected chi connectivity index (χ1v) is 11.2. The number of anilines is 1. The van der Waals surface area contributed by atoms with Crippen LogP contribution in [-0.4, -0.2) is 35.5 Å². The molecule has 4 heterocycles. The summed E-state index contributed by atoms with van der Waals surface area (Å²) >= 11 is 0. The molecule has 37 heavy (non-hydrogen) atoms. The summed E-state index contributed by atoms with van der Waals surface area (Å²) in [6.07, 6.45) is -2.10. The van der Waals surface area contributed by atoms with Gasteiger partial charge in [0.05, 0.1) is 34.2 Å². The Hall–Kier alpha value is -4.93. The number of imidazole rings is 1. The number of fused-ring (bicyclic) bond motifs is 2. The van der Waals surface area contributed by atoms with Crippen molar-refractivity contribution in [1.29, 1.82) is 0 Å². The number of benzene rings is 2. The van der Waals surface area contributed by atoms with Gasteiger partial charge in [-0.1, -0.05) is 18.2 Å². The Morgan fingerprint density at radius 2 is 1.86 bits per heavy atom. The van der Waals surface area contributed by atoms with Gasteiger partial charge >= 0.3 is 6.18 Å². The summed E-state index contributed by atoms with van der Waals surface area (Å²) in [6.45, 7) is 1.86. The number of nitrogens with zero attached hydrogens (tertiary/aromatic N) is 4. The Morgan fingerprint density at radius 1 is 1.03 bits per heavy atom. The number of nitrogen functional groups attached to an aromatic ring is 1. The molecule has 0 spiro atoms.